The molecule has 0 atom stereocenters. The smallest absolute Gasteiger partial charge is 0.262 e. The van der Waals surface area contributed by atoms with Gasteiger partial charge in [-0.1, -0.05) is 0 Å². The zero-order valence-corrected chi connectivity index (χ0v) is 9.72. The second-order valence-corrected chi connectivity index (χ2v) is 4.55. The third kappa shape index (κ3) is 2.21. The number of halogens is 1. The second kappa shape index (κ2) is 4.77. The first kappa shape index (κ1) is 10.6. The summed E-state index contributed by atoms with van der Waals surface area (Å²) in [6, 6.07) is 1.83. The molecule has 0 saturated carbocycles. The molecule has 0 aliphatic heterocycles. The van der Waals surface area contributed by atoms with Crippen molar-refractivity contribution in [2.75, 3.05) is 5.88 Å². The molecule has 0 bridgehead atoms. The summed E-state index contributed by atoms with van der Waals surface area (Å²) in [6.07, 6.45) is 3.46. The van der Waals surface area contributed by atoms with E-state index in [1.165, 1.54) is 11.3 Å². The Kier molecular flexibility index (Phi) is 3.38. The average molecular weight is 243 g/mol. The Morgan fingerprint density at radius 2 is 2.33 bits per heavy atom. The van der Waals surface area contributed by atoms with Gasteiger partial charge in [0.15, 0.2) is 0 Å². The van der Waals surface area contributed by atoms with E-state index in [0.29, 0.717) is 17.8 Å². The number of nitrogens with zero attached hydrogens (tertiary/aromatic N) is 2. The number of fused-ring (bicyclic) bond motifs is 1. The summed E-state index contributed by atoms with van der Waals surface area (Å²) in [5.41, 5.74) is 0.0517. The molecule has 0 fully saturated rings. The van der Waals surface area contributed by atoms with E-state index < -0.39 is 0 Å². The number of alkyl halides is 1. The van der Waals surface area contributed by atoms with E-state index in [1.807, 2.05) is 11.4 Å². The van der Waals surface area contributed by atoms with Gasteiger partial charge in [0, 0.05) is 12.4 Å². The Morgan fingerprint density at radius 3 is 3.13 bits per heavy atom. The largest absolute Gasteiger partial charge is 0.299 e. The zero-order valence-electron chi connectivity index (χ0n) is 8.15. The number of aromatic nitrogens is 2. The predicted molar refractivity (Wildman–Crippen MR) is 63.8 cm³/mol. The van der Waals surface area contributed by atoms with Crippen LogP contribution < -0.4 is 5.56 Å². The SMILES string of the molecule is O=c1c2ccsc2ncn1CCCCCl. The summed E-state index contributed by atoms with van der Waals surface area (Å²) in [7, 11) is 0. The number of aryl methyl sites for hydroxylation is 1. The lowest BCUT2D eigenvalue weighted by atomic mass is 10.3. The minimum absolute atomic E-state index is 0.0517. The van der Waals surface area contributed by atoms with E-state index in [9.17, 15) is 4.79 Å². The minimum Gasteiger partial charge on any atom is -0.299 e. The third-order valence-electron chi connectivity index (χ3n) is 2.23. The molecule has 15 heavy (non-hydrogen) atoms. The normalized spacial score (nSPS) is 11.0. The first-order valence-electron chi connectivity index (χ1n) is 4.81. The van der Waals surface area contributed by atoms with Crippen molar-refractivity contribution in [1.29, 1.82) is 0 Å². The topological polar surface area (TPSA) is 34.9 Å². The molecule has 2 aromatic rings. The lowest BCUT2D eigenvalue weighted by molar-refractivity contribution is 0.610. The summed E-state index contributed by atoms with van der Waals surface area (Å²) in [5, 5.41) is 2.61. The van der Waals surface area contributed by atoms with Crippen LogP contribution in [0.5, 0.6) is 0 Å². The Balaban J connectivity index is 2.28. The van der Waals surface area contributed by atoms with Crippen molar-refractivity contribution in [3.63, 3.8) is 0 Å². The van der Waals surface area contributed by atoms with Crippen LogP contribution in [0.25, 0.3) is 10.2 Å². The Bertz CT molecular complexity index is 505. The summed E-state index contributed by atoms with van der Waals surface area (Å²) >= 11 is 7.08. The molecule has 3 nitrogen and oxygen atoms in total. The lowest BCUT2D eigenvalue weighted by Gasteiger charge is -2.03. The van der Waals surface area contributed by atoms with Gasteiger partial charge < -0.3 is 0 Å². The molecule has 2 aromatic heterocycles. The fourth-order valence-corrected chi connectivity index (χ4v) is 2.34. The first-order chi connectivity index (χ1) is 7.33. The molecule has 0 aliphatic carbocycles. The van der Waals surface area contributed by atoms with Crippen LogP contribution in [0.4, 0.5) is 0 Å². The first-order valence-corrected chi connectivity index (χ1v) is 6.23. The summed E-state index contributed by atoms with van der Waals surface area (Å²) < 4.78 is 1.65. The van der Waals surface area contributed by atoms with Crippen LogP contribution in [-0.4, -0.2) is 15.4 Å². The van der Waals surface area contributed by atoms with Gasteiger partial charge in [-0.25, -0.2) is 4.98 Å². The monoisotopic (exact) mass is 242 g/mol. The molecule has 0 unspecified atom stereocenters. The molecule has 2 heterocycles. The summed E-state index contributed by atoms with van der Waals surface area (Å²) in [5.74, 6) is 0.642. The van der Waals surface area contributed by atoms with Crippen LogP contribution in [0.1, 0.15) is 12.8 Å². The zero-order chi connectivity index (χ0) is 10.7. The molecule has 0 aliphatic rings. The predicted octanol–water partition coefficient (Wildman–Crippen LogP) is 2.48. The molecule has 0 amide bonds. The lowest BCUT2D eigenvalue weighted by Crippen LogP contribution is -2.19. The number of hydrogen-bond acceptors (Lipinski definition) is 3. The molecule has 2 rings (SSSR count). The molecule has 0 aromatic carbocycles. The molecule has 5 heteroatoms. The van der Waals surface area contributed by atoms with Gasteiger partial charge in [-0.2, -0.15) is 0 Å². The van der Waals surface area contributed by atoms with Gasteiger partial charge in [-0.05, 0) is 24.3 Å². The van der Waals surface area contributed by atoms with Crippen LogP contribution in [0, 0.1) is 0 Å². The second-order valence-electron chi connectivity index (χ2n) is 3.28. The van der Waals surface area contributed by atoms with Crippen LogP contribution in [-0.2, 0) is 6.54 Å². The highest BCUT2D eigenvalue weighted by molar-refractivity contribution is 7.16. The van der Waals surface area contributed by atoms with Gasteiger partial charge >= 0.3 is 0 Å². The van der Waals surface area contributed by atoms with Gasteiger partial charge in [0.1, 0.15) is 4.83 Å². The maximum absolute atomic E-state index is 11.9. The number of unbranched alkanes of at least 4 members (excludes halogenated alkanes) is 1. The highest BCUT2D eigenvalue weighted by atomic mass is 35.5. The highest BCUT2D eigenvalue weighted by Gasteiger charge is 2.03. The van der Waals surface area contributed by atoms with Gasteiger partial charge in [0.25, 0.3) is 5.56 Å². The average Bonchev–Trinajstić information content (AvgIpc) is 2.70. The molecule has 0 spiro atoms. The molecule has 0 saturated heterocycles. The fraction of sp³-hybridized carbons (Fsp3) is 0.400. The molecular weight excluding hydrogens is 232 g/mol. The Hall–Kier alpha value is -0.870. The fourth-order valence-electron chi connectivity index (χ4n) is 1.43. The maximum Gasteiger partial charge on any atom is 0.262 e. The highest BCUT2D eigenvalue weighted by Crippen LogP contribution is 2.13. The van der Waals surface area contributed by atoms with Crippen LogP contribution in [0.2, 0.25) is 0 Å². The van der Waals surface area contributed by atoms with Crippen molar-refractivity contribution in [3.8, 4) is 0 Å². The molecule has 80 valence electrons. The van der Waals surface area contributed by atoms with E-state index >= 15 is 0 Å². The van der Waals surface area contributed by atoms with Crippen molar-refractivity contribution >= 4 is 33.2 Å². The van der Waals surface area contributed by atoms with E-state index in [2.05, 4.69) is 4.98 Å². The van der Waals surface area contributed by atoms with Crippen molar-refractivity contribution in [1.82, 2.24) is 9.55 Å². The van der Waals surface area contributed by atoms with Crippen molar-refractivity contribution < 1.29 is 0 Å². The van der Waals surface area contributed by atoms with Gasteiger partial charge in [0.2, 0.25) is 0 Å². The number of hydrogen-bond donors (Lipinski definition) is 0. The van der Waals surface area contributed by atoms with Gasteiger partial charge in [-0.15, -0.1) is 22.9 Å². The van der Waals surface area contributed by atoms with E-state index in [0.717, 1.165) is 17.7 Å². The van der Waals surface area contributed by atoms with Gasteiger partial charge in [0.05, 0.1) is 11.7 Å². The van der Waals surface area contributed by atoms with E-state index in [-0.39, 0.29) is 5.56 Å². The number of thiophene rings is 1. The van der Waals surface area contributed by atoms with Gasteiger partial charge in [-0.3, -0.25) is 9.36 Å². The maximum atomic E-state index is 11.9. The minimum atomic E-state index is 0.0517. The Morgan fingerprint density at radius 1 is 1.47 bits per heavy atom. The van der Waals surface area contributed by atoms with Crippen LogP contribution >= 0.6 is 22.9 Å². The summed E-state index contributed by atoms with van der Waals surface area (Å²) in [4.78, 5) is 16.9. The Labute approximate surface area is 96.3 Å². The third-order valence-corrected chi connectivity index (χ3v) is 3.32. The van der Waals surface area contributed by atoms with Crippen molar-refractivity contribution in [3.05, 3.63) is 28.1 Å². The molecule has 0 N–H and O–H groups in total. The van der Waals surface area contributed by atoms with Crippen molar-refractivity contribution in [2.24, 2.45) is 0 Å². The number of rotatable bonds is 4. The quantitative estimate of drug-likeness (QED) is 0.610. The molecular formula is C10H11ClN2OS. The molecule has 0 radical (unpaired) electrons. The van der Waals surface area contributed by atoms with E-state index in [1.54, 1.807) is 10.9 Å². The van der Waals surface area contributed by atoms with Crippen molar-refractivity contribution in [2.45, 2.75) is 19.4 Å². The standard InChI is InChI=1S/C10H11ClN2OS/c11-4-1-2-5-13-7-12-9-8(10(13)14)3-6-15-9/h3,6-7H,1-2,4-5H2. The summed E-state index contributed by atoms with van der Waals surface area (Å²) in [6.45, 7) is 0.699. The van der Waals surface area contributed by atoms with E-state index in [4.69, 9.17) is 11.6 Å². The van der Waals surface area contributed by atoms with Crippen LogP contribution in [0.15, 0.2) is 22.6 Å². The van der Waals surface area contributed by atoms with Crippen LogP contribution in [0.3, 0.4) is 0 Å².